The van der Waals surface area contributed by atoms with E-state index in [0.29, 0.717) is 30.6 Å². The van der Waals surface area contributed by atoms with Crippen molar-refractivity contribution in [3.8, 4) is 0 Å². The van der Waals surface area contributed by atoms with Crippen molar-refractivity contribution < 1.29 is 15.0 Å². The highest BCUT2D eigenvalue weighted by molar-refractivity contribution is 6.06. The molecule has 0 radical (unpaired) electrons. The second-order valence-electron chi connectivity index (χ2n) is 8.56. The van der Waals surface area contributed by atoms with Crippen molar-refractivity contribution in [1.29, 1.82) is 0 Å². The first-order valence-electron chi connectivity index (χ1n) is 10.5. The molecule has 3 rings (SSSR count). The number of hydrogen-bond donors (Lipinski definition) is 3. The normalized spacial score (nSPS) is 11.5. The molecule has 3 aromatic rings. The SMILES string of the molecule is CO.Cc1nc2c(N)nc3cc(CCC(=O)N(C)C)ccc3c2n1CCCC(C)(C)O. The van der Waals surface area contributed by atoms with Crippen LogP contribution in [0.25, 0.3) is 21.9 Å². The van der Waals surface area contributed by atoms with Crippen molar-refractivity contribution in [2.24, 2.45) is 0 Å². The third kappa shape index (κ3) is 5.92. The molecular formula is C23H35N5O3. The Labute approximate surface area is 183 Å². The number of carbonyl (C=O) groups is 1. The van der Waals surface area contributed by atoms with E-state index in [1.54, 1.807) is 19.0 Å². The highest BCUT2D eigenvalue weighted by atomic mass is 16.3. The summed E-state index contributed by atoms with van der Waals surface area (Å²) in [6, 6.07) is 6.11. The van der Waals surface area contributed by atoms with Crippen molar-refractivity contribution >= 4 is 33.7 Å². The summed E-state index contributed by atoms with van der Waals surface area (Å²) in [5.41, 5.74) is 9.11. The molecule has 0 aliphatic rings. The van der Waals surface area contributed by atoms with Crippen LogP contribution in [0, 0.1) is 6.92 Å². The molecule has 4 N–H and O–H groups in total. The molecule has 0 unspecified atom stereocenters. The van der Waals surface area contributed by atoms with Crippen molar-refractivity contribution in [2.45, 2.75) is 58.6 Å². The number of benzene rings is 1. The first kappa shape index (κ1) is 24.6. The number of pyridine rings is 1. The van der Waals surface area contributed by atoms with Crippen molar-refractivity contribution in [3.63, 3.8) is 0 Å². The average Bonchev–Trinajstić information content (AvgIpc) is 3.03. The molecule has 0 aliphatic heterocycles. The molecule has 2 heterocycles. The smallest absolute Gasteiger partial charge is 0.222 e. The standard InChI is InChI=1S/C22H31N5O2.CH4O/c1-14-24-19-20(27(14)12-6-11-22(2,3)29)16-9-7-15(8-10-18(28)26(4)5)13-17(16)25-21(19)23;1-2/h7,9,13,29H,6,8,10-12H2,1-5H3,(H2,23,25);2H,1H3. The minimum Gasteiger partial charge on any atom is -0.400 e. The van der Waals surface area contributed by atoms with Crippen molar-refractivity contribution in [3.05, 3.63) is 29.6 Å². The molecule has 0 fully saturated rings. The number of hydrogen-bond acceptors (Lipinski definition) is 6. The summed E-state index contributed by atoms with van der Waals surface area (Å²) in [5, 5.41) is 18.0. The van der Waals surface area contributed by atoms with Gasteiger partial charge in [0.2, 0.25) is 5.91 Å². The first-order chi connectivity index (χ1) is 14.6. The molecule has 0 saturated carbocycles. The van der Waals surface area contributed by atoms with Crippen LogP contribution in [0.3, 0.4) is 0 Å². The van der Waals surface area contributed by atoms with Crippen molar-refractivity contribution in [2.75, 3.05) is 26.9 Å². The predicted octanol–water partition coefficient (Wildman–Crippen LogP) is 2.66. The fourth-order valence-corrected chi connectivity index (χ4v) is 3.64. The Bertz CT molecular complexity index is 1050. The Kier molecular flexibility index (Phi) is 7.97. The number of nitrogens with two attached hydrogens (primary N) is 1. The van der Waals surface area contributed by atoms with Crippen LogP contribution in [0.5, 0.6) is 0 Å². The number of rotatable bonds is 7. The molecular weight excluding hydrogens is 394 g/mol. The molecule has 0 atom stereocenters. The van der Waals surface area contributed by atoms with E-state index in [9.17, 15) is 9.90 Å². The summed E-state index contributed by atoms with van der Waals surface area (Å²) in [7, 11) is 4.53. The van der Waals surface area contributed by atoms with Gasteiger partial charge in [-0.2, -0.15) is 0 Å². The summed E-state index contributed by atoms with van der Waals surface area (Å²) in [6.45, 7) is 6.37. The lowest BCUT2D eigenvalue weighted by atomic mass is 10.0. The zero-order valence-electron chi connectivity index (χ0n) is 19.4. The van der Waals surface area contributed by atoms with Crippen LogP contribution in [0.1, 0.15) is 44.5 Å². The maximum atomic E-state index is 11.9. The van der Waals surface area contributed by atoms with Crippen LogP contribution >= 0.6 is 0 Å². The number of aryl methyl sites for hydroxylation is 3. The lowest BCUT2D eigenvalue weighted by Gasteiger charge is -2.17. The van der Waals surface area contributed by atoms with Crippen molar-refractivity contribution in [1.82, 2.24) is 19.4 Å². The van der Waals surface area contributed by atoms with E-state index < -0.39 is 5.60 Å². The van der Waals surface area contributed by atoms with Gasteiger partial charge in [0.15, 0.2) is 5.82 Å². The molecule has 2 aromatic heterocycles. The van der Waals surface area contributed by atoms with Gasteiger partial charge in [-0.15, -0.1) is 0 Å². The van der Waals surface area contributed by atoms with Crippen LogP contribution in [0.2, 0.25) is 0 Å². The number of aromatic nitrogens is 3. The Morgan fingerprint density at radius 1 is 1.23 bits per heavy atom. The summed E-state index contributed by atoms with van der Waals surface area (Å²) in [6.07, 6.45) is 2.67. The number of aliphatic hydroxyl groups is 2. The van der Waals surface area contributed by atoms with E-state index in [0.717, 1.165) is 47.9 Å². The van der Waals surface area contributed by atoms with E-state index >= 15 is 0 Å². The van der Waals surface area contributed by atoms with Gasteiger partial charge in [-0.25, -0.2) is 9.97 Å². The molecule has 170 valence electrons. The summed E-state index contributed by atoms with van der Waals surface area (Å²) in [4.78, 5) is 22.7. The number of amides is 1. The number of fused-ring (bicyclic) bond motifs is 3. The fourth-order valence-electron chi connectivity index (χ4n) is 3.64. The molecule has 1 aromatic carbocycles. The zero-order chi connectivity index (χ0) is 23.3. The second-order valence-corrected chi connectivity index (χ2v) is 8.56. The molecule has 1 amide bonds. The van der Waals surface area contributed by atoms with Gasteiger partial charge in [-0.3, -0.25) is 4.79 Å². The van der Waals surface area contributed by atoms with Gasteiger partial charge in [0, 0.05) is 39.6 Å². The Morgan fingerprint density at radius 3 is 2.52 bits per heavy atom. The number of nitrogens with zero attached hydrogens (tertiary/aromatic N) is 4. The third-order valence-corrected chi connectivity index (χ3v) is 5.26. The number of carbonyl (C=O) groups excluding carboxylic acids is 1. The monoisotopic (exact) mass is 429 g/mol. The minimum absolute atomic E-state index is 0.105. The van der Waals surface area contributed by atoms with Crippen LogP contribution < -0.4 is 5.73 Å². The molecule has 31 heavy (non-hydrogen) atoms. The number of aliphatic hydroxyl groups excluding tert-OH is 1. The topological polar surface area (TPSA) is 117 Å². The van der Waals surface area contributed by atoms with E-state index in [-0.39, 0.29) is 5.91 Å². The molecule has 8 nitrogen and oxygen atoms in total. The van der Waals surface area contributed by atoms with E-state index in [1.165, 1.54) is 0 Å². The first-order valence-corrected chi connectivity index (χ1v) is 10.5. The van der Waals surface area contributed by atoms with E-state index in [4.69, 9.17) is 10.8 Å². The highest BCUT2D eigenvalue weighted by Crippen LogP contribution is 2.30. The van der Waals surface area contributed by atoms with Crippen LogP contribution in [-0.2, 0) is 17.8 Å². The Balaban J connectivity index is 0.00000166. The molecule has 0 saturated heterocycles. The number of nitrogen functional groups attached to an aromatic ring is 1. The highest BCUT2D eigenvalue weighted by Gasteiger charge is 2.17. The van der Waals surface area contributed by atoms with Crippen LogP contribution in [0.15, 0.2) is 18.2 Å². The second kappa shape index (κ2) is 10.1. The molecule has 0 bridgehead atoms. The number of imidazole rings is 1. The average molecular weight is 430 g/mol. The van der Waals surface area contributed by atoms with Gasteiger partial charge in [0.05, 0.1) is 16.6 Å². The third-order valence-electron chi connectivity index (χ3n) is 5.26. The van der Waals surface area contributed by atoms with Crippen LogP contribution in [0.4, 0.5) is 5.82 Å². The fraction of sp³-hybridized carbons (Fsp3) is 0.522. The summed E-state index contributed by atoms with van der Waals surface area (Å²) in [5.74, 6) is 1.41. The van der Waals surface area contributed by atoms with Gasteiger partial charge in [-0.1, -0.05) is 12.1 Å². The van der Waals surface area contributed by atoms with E-state index in [1.807, 2.05) is 39.0 Å². The Morgan fingerprint density at radius 2 is 1.90 bits per heavy atom. The van der Waals surface area contributed by atoms with E-state index in [2.05, 4.69) is 14.5 Å². The summed E-state index contributed by atoms with van der Waals surface area (Å²) < 4.78 is 2.16. The lowest BCUT2D eigenvalue weighted by molar-refractivity contribution is -0.128. The maximum absolute atomic E-state index is 11.9. The predicted molar refractivity (Wildman–Crippen MR) is 125 cm³/mol. The zero-order valence-corrected chi connectivity index (χ0v) is 19.4. The molecule has 0 aliphatic carbocycles. The number of anilines is 1. The summed E-state index contributed by atoms with van der Waals surface area (Å²) >= 11 is 0. The lowest BCUT2D eigenvalue weighted by Crippen LogP contribution is -2.21. The van der Waals surface area contributed by atoms with Gasteiger partial charge < -0.3 is 25.4 Å². The van der Waals surface area contributed by atoms with Gasteiger partial charge in [0.25, 0.3) is 0 Å². The van der Waals surface area contributed by atoms with Crippen LogP contribution in [-0.4, -0.2) is 62.4 Å². The van der Waals surface area contributed by atoms with Gasteiger partial charge in [-0.05, 0) is 51.7 Å². The minimum atomic E-state index is -0.689. The maximum Gasteiger partial charge on any atom is 0.222 e. The Hall–Kier alpha value is -2.71. The molecule has 8 heteroatoms. The van der Waals surface area contributed by atoms with Gasteiger partial charge in [0.1, 0.15) is 11.3 Å². The largest absolute Gasteiger partial charge is 0.400 e. The quantitative estimate of drug-likeness (QED) is 0.531. The molecule has 0 spiro atoms. The van der Waals surface area contributed by atoms with Gasteiger partial charge >= 0.3 is 0 Å².